The van der Waals surface area contributed by atoms with Crippen LogP contribution in [-0.2, 0) is 0 Å². The Hall–Kier alpha value is -1.99. The van der Waals surface area contributed by atoms with Gasteiger partial charge >= 0.3 is 0 Å². The summed E-state index contributed by atoms with van der Waals surface area (Å²) in [5, 5.41) is 0.886. The van der Waals surface area contributed by atoms with E-state index in [0.29, 0.717) is 18.7 Å². The fourth-order valence-corrected chi connectivity index (χ4v) is 4.20. The van der Waals surface area contributed by atoms with Crippen LogP contribution in [0.15, 0.2) is 46.9 Å². The molecule has 1 saturated heterocycles. The van der Waals surface area contributed by atoms with E-state index in [-0.39, 0.29) is 11.7 Å². The van der Waals surface area contributed by atoms with Crippen molar-refractivity contribution in [1.29, 1.82) is 0 Å². The number of anilines is 1. The first-order chi connectivity index (χ1) is 12.1. The lowest BCUT2D eigenvalue weighted by Crippen LogP contribution is -2.48. The van der Waals surface area contributed by atoms with Crippen LogP contribution in [0.25, 0.3) is 10.2 Å². The lowest BCUT2D eigenvalue weighted by Gasteiger charge is -2.34. The highest BCUT2D eigenvalue weighted by Gasteiger charge is 2.24. The van der Waals surface area contributed by atoms with Crippen LogP contribution in [0.2, 0.25) is 0 Å². The summed E-state index contributed by atoms with van der Waals surface area (Å²) in [6, 6.07) is 12.1. The molecular formula is C18H15BrFN3OS. The monoisotopic (exact) mass is 419 g/mol. The molecule has 2 aromatic carbocycles. The molecule has 7 heteroatoms. The minimum absolute atomic E-state index is 0.0542. The Balaban J connectivity index is 1.45. The molecule has 0 N–H and O–H groups in total. The van der Waals surface area contributed by atoms with Gasteiger partial charge in [-0.05, 0) is 42.5 Å². The van der Waals surface area contributed by atoms with E-state index in [1.54, 1.807) is 6.07 Å². The number of carbonyl (C=O) groups excluding carboxylic acids is 1. The van der Waals surface area contributed by atoms with Crippen LogP contribution in [0.1, 0.15) is 10.4 Å². The minimum Gasteiger partial charge on any atom is -0.345 e. The smallest absolute Gasteiger partial charge is 0.253 e. The van der Waals surface area contributed by atoms with E-state index in [1.807, 2.05) is 29.2 Å². The van der Waals surface area contributed by atoms with Crippen LogP contribution in [0.4, 0.5) is 9.52 Å². The maximum Gasteiger partial charge on any atom is 0.253 e. The number of hydrogen-bond acceptors (Lipinski definition) is 4. The van der Waals surface area contributed by atoms with Gasteiger partial charge < -0.3 is 9.80 Å². The van der Waals surface area contributed by atoms with Crippen molar-refractivity contribution in [1.82, 2.24) is 9.88 Å². The fraction of sp³-hybridized carbons (Fsp3) is 0.222. The van der Waals surface area contributed by atoms with E-state index >= 15 is 0 Å². The Labute approximate surface area is 157 Å². The average molecular weight is 420 g/mol. The summed E-state index contributed by atoms with van der Waals surface area (Å²) >= 11 is 4.87. The van der Waals surface area contributed by atoms with Gasteiger partial charge in [-0.2, -0.15) is 0 Å². The fourth-order valence-electron chi connectivity index (χ4n) is 2.90. The molecule has 0 atom stereocenters. The number of hydrogen-bond donors (Lipinski definition) is 0. The van der Waals surface area contributed by atoms with Gasteiger partial charge in [-0.3, -0.25) is 4.79 Å². The third kappa shape index (κ3) is 3.39. The molecule has 0 saturated carbocycles. The molecule has 0 unspecified atom stereocenters. The van der Waals surface area contributed by atoms with E-state index in [4.69, 9.17) is 0 Å². The topological polar surface area (TPSA) is 36.4 Å². The Bertz CT molecular complexity index is 920. The van der Waals surface area contributed by atoms with Gasteiger partial charge in [0.2, 0.25) is 0 Å². The van der Waals surface area contributed by atoms with Crippen LogP contribution in [-0.4, -0.2) is 42.0 Å². The van der Waals surface area contributed by atoms with Gasteiger partial charge in [0, 0.05) is 36.2 Å². The van der Waals surface area contributed by atoms with Gasteiger partial charge in [-0.25, -0.2) is 9.37 Å². The predicted molar refractivity (Wildman–Crippen MR) is 102 cm³/mol. The Morgan fingerprint density at radius 2 is 1.80 bits per heavy atom. The third-order valence-corrected chi connectivity index (χ3v) is 5.88. The first-order valence-electron chi connectivity index (χ1n) is 7.96. The molecule has 1 aliphatic heterocycles. The molecule has 0 aliphatic carbocycles. The summed E-state index contributed by atoms with van der Waals surface area (Å²) in [5.41, 5.74) is 1.52. The molecule has 3 aromatic rings. The highest BCUT2D eigenvalue weighted by Crippen LogP contribution is 2.30. The van der Waals surface area contributed by atoms with Crippen molar-refractivity contribution >= 4 is 48.5 Å². The second-order valence-electron chi connectivity index (χ2n) is 5.89. The van der Waals surface area contributed by atoms with Crippen LogP contribution < -0.4 is 4.90 Å². The molecule has 128 valence electrons. The standard InChI is InChI=1S/C18H15BrFN3OS/c19-13-3-1-12(2-4-13)17(24)22-7-9-23(10-8-22)18-21-15-6-5-14(20)11-16(15)25-18/h1-6,11H,7-10H2. The van der Waals surface area contributed by atoms with E-state index < -0.39 is 0 Å². The minimum atomic E-state index is -0.243. The lowest BCUT2D eigenvalue weighted by molar-refractivity contribution is 0.0747. The van der Waals surface area contributed by atoms with Gasteiger partial charge in [0.05, 0.1) is 10.2 Å². The van der Waals surface area contributed by atoms with Gasteiger partial charge in [0.25, 0.3) is 5.91 Å². The number of thiazole rings is 1. The lowest BCUT2D eigenvalue weighted by atomic mass is 10.2. The summed E-state index contributed by atoms with van der Waals surface area (Å²) in [4.78, 5) is 21.2. The molecular weight excluding hydrogens is 405 g/mol. The normalized spacial score (nSPS) is 15.0. The molecule has 1 fully saturated rings. The van der Waals surface area contributed by atoms with E-state index in [9.17, 15) is 9.18 Å². The van der Waals surface area contributed by atoms with Crippen molar-refractivity contribution in [3.63, 3.8) is 0 Å². The van der Waals surface area contributed by atoms with Crippen LogP contribution in [0, 0.1) is 5.82 Å². The SMILES string of the molecule is O=C(c1ccc(Br)cc1)N1CCN(c2nc3ccc(F)cc3s2)CC1. The number of halogens is 2. The zero-order chi connectivity index (χ0) is 17.4. The third-order valence-electron chi connectivity index (χ3n) is 4.27. The molecule has 0 radical (unpaired) electrons. The number of carbonyl (C=O) groups is 1. The zero-order valence-electron chi connectivity index (χ0n) is 13.3. The second kappa shape index (κ2) is 6.72. The molecule has 25 heavy (non-hydrogen) atoms. The number of aromatic nitrogens is 1. The Kier molecular flexibility index (Phi) is 4.43. The molecule has 2 heterocycles. The van der Waals surface area contributed by atoms with Gasteiger partial charge in [0.1, 0.15) is 5.82 Å². The summed E-state index contributed by atoms with van der Waals surface area (Å²) in [6.45, 7) is 2.76. The quantitative estimate of drug-likeness (QED) is 0.625. The predicted octanol–water partition coefficient (Wildman–Crippen LogP) is 4.16. The summed E-state index contributed by atoms with van der Waals surface area (Å²) in [7, 11) is 0. The first kappa shape index (κ1) is 16.5. The van der Waals surface area contributed by atoms with E-state index in [2.05, 4.69) is 25.8 Å². The van der Waals surface area contributed by atoms with Crippen molar-refractivity contribution in [2.45, 2.75) is 0 Å². The number of piperazine rings is 1. The van der Waals surface area contributed by atoms with Gasteiger partial charge in [-0.15, -0.1) is 0 Å². The first-order valence-corrected chi connectivity index (χ1v) is 9.57. The largest absolute Gasteiger partial charge is 0.345 e. The number of rotatable bonds is 2. The molecule has 1 aromatic heterocycles. The number of nitrogens with zero attached hydrogens (tertiary/aromatic N) is 3. The number of fused-ring (bicyclic) bond motifs is 1. The summed E-state index contributed by atoms with van der Waals surface area (Å²) in [6.07, 6.45) is 0. The molecule has 4 nitrogen and oxygen atoms in total. The van der Waals surface area contributed by atoms with Crippen LogP contribution in [0.3, 0.4) is 0 Å². The molecule has 4 rings (SSSR count). The maximum atomic E-state index is 13.3. The zero-order valence-corrected chi connectivity index (χ0v) is 15.7. The van der Waals surface area contributed by atoms with Crippen molar-refractivity contribution in [3.05, 3.63) is 58.3 Å². The van der Waals surface area contributed by atoms with Crippen molar-refractivity contribution in [3.8, 4) is 0 Å². The highest BCUT2D eigenvalue weighted by atomic mass is 79.9. The molecule has 1 amide bonds. The average Bonchev–Trinajstić information content (AvgIpc) is 3.05. The van der Waals surface area contributed by atoms with Crippen molar-refractivity contribution < 1.29 is 9.18 Å². The highest BCUT2D eigenvalue weighted by molar-refractivity contribution is 9.10. The second-order valence-corrected chi connectivity index (χ2v) is 7.82. The number of amides is 1. The Morgan fingerprint density at radius 3 is 2.52 bits per heavy atom. The van der Waals surface area contributed by atoms with Crippen LogP contribution >= 0.6 is 27.3 Å². The van der Waals surface area contributed by atoms with Crippen molar-refractivity contribution in [2.24, 2.45) is 0 Å². The van der Waals surface area contributed by atoms with E-state index in [1.165, 1.54) is 23.5 Å². The van der Waals surface area contributed by atoms with Gasteiger partial charge in [-0.1, -0.05) is 27.3 Å². The molecule has 1 aliphatic rings. The summed E-state index contributed by atoms with van der Waals surface area (Å²) in [5.74, 6) is -0.189. The molecule has 0 spiro atoms. The Morgan fingerprint density at radius 1 is 1.08 bits per heavy atom. The van der Waals surface area contributed by atoms with Crippen molar-refractivity contribution in [2.75, 3.05) is 31.1 Å². The van der Waals surface area contributed by atoms with Gasteiger partial charge in [0.15, 0.2) is 5.13 Å². The summed E-state index contributed by atoms with van der Waals surface area (Å²) < 4.78 is 15.1. The maximum absolute atomic E-state index is 13.3. The van der Waals surface area contributed by atoms with Crippen LogP contribution in [0.5, 0.6) is 0 Å². The van der Waals surface area contributed by atoms with E-state index in [0.717, 1.165) is 32.9 Å². The number of benzene rings is 2. The molecule has 0 bridgehead atoms.